The van der Waals surface area contributed by atoms with E-state index in [1.54, 1.807) is 19.2 Å². The molecule has 160 valence electrons. The molecule has 10 heteroatoms. The second kappa shape index (κ2) is 12.2. The molecule has 1 amide bonds. The topological polar surface area (TPSA) is 96.9 Å². The van der Waals surface area contributed by atoms with E-state index < -0.39 is 17.2 Å². The van der Waals surface area contributed by atoms with Gasteiger partial charge in [-0.1, -0.05) is 11.6 Å². The van der Waals surface area contributed by atoms with Gasteiger partial charge in [0.15, 0.2) is 5.96 Å². The van der Waals surface area contributed by atoms with Gasteiger partial charge in [-0.3, -0.25) is 4.99 Å². The molecule has 0 aliphatic rings. The van der Waals surface area contributed by atoms with Gasteiger partial charge in [0.1, 0.15) is 12.2 Å². The molecule has 0 atom stereocenters. The van der Waals surface area contributed by atoms with Crippen molar-refractivity contribution in [3.8, 4) is 5.88 Å². The van der Waals surface area contributed by atoms with E-state index in [4.69, 9.17) is 21.1 Å². The lowest BCUT2D eigenvalue weighted by Gasteiger charge is -2.29. The van der Waals surface area contributed by atoms with Crippen LogP contribution >= 0.6 is 35.6 Å². The molecule has 0 radical (unpaired) electrons. The van der Waals surface area contributed by atoms with E-state index in [1.165, 1.54) is 6.20 Å². The van der Waals surface area contributed by atoms with Crippen molar-refractivity contribution in [2.24, 2.45) is 4.99 Å². The number of carbonyl (C=O) groups is 1. The van der Waals surface area contributed by atoms with Crippen molar-refractivity contribution >= 4 is 47.6 Å². The molecule has 0 aromatic carbocycles. The molecule has 0 bridgehead atoms. The van der Waals surface area contributed by atoms with E-state index in [0.717, 1.165) is 0 Å². The van der Waals surface area contributed by atoms with Gasteiger partial charge in [-0.2, -0.15) is 0 Å². The lowest BCUT2D eigenvalue weighted by Crippen LogP contribution is -2.54. The fourth-order valence-corrected chi connectivity index (χ4v) is 2.03. The SMILES string of the molecule is CN=C(NCCOc1ccc(Cl)cn1)NCC(C)(C)NC(=O)OC(C)(C)C.I. The number of guanidine groups is 1. The number of hydrogen-bond donors (Lipinski definition) is 3. The van der Waals surface area contributed by atoms with Gasteiger partial charge in [0.25, 0.3) is 0 Å². The van der Waals surface area contributed by atoms with E-state index in [2.05, 4.69) is 25.9 Å². The second-order valence-electron chi connectivity index (χ2n) is 7.53. The highest BCUT2D eigenvalue weighted by Gasteiger charge is 2.24. The predicted octanol–water partition coefficient (Wildman–Crippen LogP) is 3.20. The highest BCUT2D eigenvalue weighted by Crippen LogP contribution is 2.11. The minimum atomic E-state index is -0.538. The number of aromatic nitrogens is 1. The van der Waals surface area contributed by atoms with Crippen molar-refractivity contribution in [1.29, 1.82) is 0 Å². The normalized spacial score (nSPS) is 11.9. The molecule has 28 heavy (non-hydrogen) atoms. The number of halogens is 2. The number of ether oxygens (including phenoxy) is 2. The van der Waals surface area contributed by atoms with Crippen LogP contribution in [0.15, 0.2) is 23.3 Å². The number of aliphatic imine (C=N–C) groups is 1. The summed E-state index contributed by atoms with van der Waals surface area (Å²) in [5.41, 5.74) is -1.06. The zero-order valence-corrected chi connectivity index (χ0v) is 20.3. The molecule has 3 N–H and O–H groups in total. The summed E-state index contributed by atoms with van der Waals surface area (Å²) in [6, 6.07) is 3.43. The molecule has 0 aliphatic heterocycles. The third kappa shape index (κ3) is 12.1. The highest BCUT2D eigenvalue weighted by atomic mass is 127. The highest BCUT2D eigenvalue weighted by molar-refractivity contribution is 14.0. The maximum absolute atomic E-state index is 11.9. The van der Waals surface area contributed by atoms with Crippen LogP contribution in [-0.2, 0) is 4.74 Å². The van der Waals surface area contributed by atoms with Crippen LogP contribution in [-0.4, -0.2) is 54.9 Å². The summed E-state index contributed by atoms with van der Waals surface area (Å²) in [6.45, 7) is 10.7. The Labute approximate surface area is 189 Å². The largest absolute Gasteiger partial charge is 0.476 e. The summed E-state index contributed by atoms with van der Waals surface area (Å²) in [4.78, 5) is 20.1. The number of alkyl carbamates (subject to hydrolysis) is 1. The molecule has 0 saturated heterocycles. The summed E-state index contributed by atoms with van der Waals surface area (Å²) in [7, 11) is 1.67. The molecule has 1 aromatic heterocycles. The molecule has 8 nitrogen and oxygen atoms in total. The van der Waals surface area contributed by atoms with Gasteiger partial charge in [-0.25, -0.2) is 9.78 Å². The second-order valence-corrected chi connectivity index (χ2v) is 7.96. The first kappa shape index (κ1) is 26.5. The van der Waals surface area contributed by atoms with Crippen molar-refractivity contribution in [3.63, 3.8) is 0 Å². The summed E-state index contributed by atoms with van der Waals surface area (Å²) in [5, 5.41) is 9.69. The maximum Gasteiger partial charge on any atom is 0.408 e. The molecule has 0 aliphatic carbocycles. The van der Waals surface area contributed by atoms with Gasteiger partial charge in [-0.15, -0.1) is 24.0 Å². The Morgan fingerprint density at radius 1 is 1.21 bits per heavy atom. The van der Waals surface area contributed by atoms with Crippen molar-refractivity contribution in [2.45, 2.75) is 45.8 Å². The van der Waals surface area contributed by atoms with Crippen LogP contribution in [0.3, 0.4) is 0 Å². The average Bonchev–Trinajstić information content (AvgIpc) is 2.53. The number of nitrogens with one attached hydrogen (secondary N) is 3. The minimum Gasteiger partial charge on any atom is -0.476 e. The van der Waals surface area contributed by atoms with E-state index in [1.807, 2.05) is 34.6 Å². The van der Waals surface area contributed by atoms with Crippen molar-refractivity contribution < 1.29 is 14.3 Å². The molecular weight excluding hydrogens is 497 g/mol. The molecule has 1 aromatic rings. The van der Waals surface area contributed by atoms with Gasteiger partial charge in [0.2, 0.25) is 5.88 Å². The van der Waals surface area contributed by atoms with E-state index in [0.29, 0.717) is 36.6 Å². The van der Waals surface area contributed by atoms with Crippen LogP contribution in [0.5, 0.6) is 5.88 Å². The van der Waals surface area contributed by atoms with Crippen LogP contribution in [0.2, 0.25) is 5.02 Å². The van der Waals surface area contributed by atoms with E-state index in [9.17, 15) is 4.79 Å². The standard InChI is InChI=1S/C18H30ClN5O3.HI/c1-17(2,3)27-16(25)24-18(4,5)12-23-15(20-6)21-9-10-26-14-8-7-13(19)11-22-14;/h7-8,11H,9-10,12H2,1-6H3,(H,24,25)(H2,20,21,23);1H. The Morgan fingerprint density at radius 3 is 2.43 bits per heavy atom. The Balaban J connectivity index is 0.00000729. The van der Waals surface area contributed by atoms with Crippen LogP contribution in [0.1, 0.15) is 34.6 Å². The van der Waals surface area contributed by atoms with Crippen LogP contribution < -0.4 is 20.7 Å². The number of hydrogen-bond acceptors (Lipinski definition) is 5. The minimum absolute atomic E-state index is 0. The van der Waals surface area contributed by atoms with Gasteiger partial charge >= 0.3 is 6.09 Å². The van der Waals surface area contributed by atoms with Crippen LogP contribution in [0, 0.1) is 0 Å². The summed E-state index contributed by atoms with van der Waals surface area (Å²) >= 11 is 5.78. The zero-order chi connectivity index (χ0) is 20.5. The molecule has 0 saturated carbocycles. The van der Waals surface area contributed by atoms with E-state index in [-0.39, 0.29) is 24.0 Å². The number of amides is 1. The zero-order valence-electron chi connectivity index (χ0n) is 17.3. The van der Waals surface area contributed by atoms with Gasteiger partial charge < -0.3 is 25.4 Å². The predicted molar refractivity (Wildman–Crippen MR) is 123 cm³/mol. The molecular formula is C18H31ClIN5O3. The molecule has 0 fully saturated rings. The number of carbonyl (C=O) groups excluding carboxylic acids is 1. The molecule has 0 unspecified atom stereocenters. The lowest BCUT2D eigenvalue weighted by atomic mass is 10.1. The first-order valence-corrected chi connectivity index (χ1v) is 9.08. The summed E-state index contributed by atoms with van der Waals surface area (Å²) < 4.78 is 10.8. The smallest absolute Gasteiger partial charge is 0.408 e. The average molecular weight is 528 g/mol. The summed E-state index contributed by atoms with van der Waals surface area (Å²) in [6.07, 6.45) is 1.07. The Bertz CT molecular complexity index is 633. The third-order valence-electron chi connectivity index (χ3n) is 3.11. The lowest BCUT2D eigenvalue weighted by molar-refractivity contribution is 0.0474. The quantitative estimate of drug-likeness (QED) is 0.218. The Hall–Kier alpha value is -1.49. The monoisotopic (exact) mass is 527 g/mol. The van der Waals surface area contributed by atoms with Gasteiger partial charge in [-0.05, 0) is 40.7 Å². The van der Waals surface area contributed by atoms with Crippen molar-refractivity contribution in [1.82, 2.24) is 20.9 Å². The number of pyridine rings is 1. The van der Waals surface area contributed by atoms with Crippen molar-refractivity contribution in [2.75, 3.05) is 26.7 Å². The molecule has 1 heterocycles. The first-order valence-electron chi connectivity index (χ1n) is 8.71. The van der Waals surface area contributed by atoms with Crippen LogP contribution in [0.25, 0.3) is 0 Å². The third-order valence-corrected chi connectivity index (χ3v) is 3.33. The fraction of sp³-hybridized carbons (Fsp3) is 0.611. The van der Waals surface area contributed by atoms with E-state index >= 15 is 0 Å². The Kier molecular flexibility index (Phi) is 11.5. The fourth-order valence-electron chi connectivity index (χ4n) is 1.92. The Morgan fingerprint density at radius 2 is 1.89 bits per heavy atom. The molecule has 0 spiro atoms. The summed E-state index contributed by atoms with van der Waals surface area (Å²) in [5.74, 6) is 1.11. The van der Waals surface area contributed by atoms with Crippen LogP contribution in [0.4, 0.5) is 4.79 Å². The van der Waals surface area contributed by atoms with Crippen molar-refractivity contribution in [3.05, 3.63) is 23.4 Å². The maximum atomic E-state index is 11.9. The molecule has 1 rings (SSSR count). The van der Waals surface area contributed by atoms with Gasteiger partial charge in [0, 0.05) is 25.9 Å². The number of rotatable bonds is 7. The first-order chi connectivity index (χ1) is 12.5. The number of nitrogens with zero attached hydrogens (tertiary/aromatic N) is 2. The van der Waals surface area contributed by atoms with Gasteiger partial charge in [0.05, 0.1) is 17.1 Å².